The first-order valence-corrected chi connectivity index (χ1v) is 12.9. The summed E-state index contributed by atoms with van der Waals surface area (Å²) in [6.07, 6.45) is 14.8. The number of fused-ring (bicyclic) bond motifs is 2. The predicted molar refractivity (Wildman–Crippen MR) is 137 cm³/mol. The molecule has 1 aromatic rings. The maximum Gasteiger partial charge on any atom is 0.305 e. The molecular formula is C30H41FO4. The van der Waals surface area contributed by atoms with Crippen molar-refractivity contribution in [2.24, 2.45) is 17.8 Å². The van der Waals surface area contributed by atoms with Crippen LogP contribution in [0.5, 0.6) is 0 Å². The number of aliphatic hydroxyl groups is 1. The number of unbranched alkanes of at least 4 members (excludes halogenated alkanes) is 1. The zero-order chi connectivity index (χ0) is 25.4. The molecular weight excluding hydrogens is 443 g/mol. The van der Waals surface area contributed by atoms with Crippen LogP contribution >= 0.6 is 0 Å². The first-order chi connectivity index (χ1) is 16.8. The zero-order valence-electron chi connectivity index (χ0n) is 21.6. The van der Waals surface area contributed by atoms with Gasteiger partial charge in [-0.05, 0) is 75.5 Å². The van der Waals surface area contributed by atoms with Gasteiger partial charge in [-0.2, -0.15) is 0 Å². The van der Waals surface area contributed by atoms with Crippen molar-refractivity contribution in [2.75, 3.05) is 13.7 Å². The largest absolute Gasteiger partial charge is 0.469 e. The number of carbonyl (C=O) groups excluding carboxylic acids is 1. The van der Waals surface area contributed by atoms with Crippen LogP contribution in [0.25, 0.3) is 0 Å². The molecule has 2 aliphatic rings. The lowest BCUT2D eigenvalue weighted by atomic mass is 9.69. The monoisotopic (exact) mass is 484 g/mol. The van der Waals surface area contributed by atoms with Gasteiger partial charge >= 0.3 is 5.97 Å². The van der Waals surface area contributed by atoms with Gasteiger partial charge in [0.2, 0.25) is 0 Å². The summed E-state index contributed by atoms with van der Waals surface area (Å²) in [4.78, 5) is 11.3. The van der Waals surface area contributed by atoms with Crippen molar-refractivity contribution in [3.8, 4) is 0 Å². The second kappa shape index (κ2) is 12.6. The van der Waals surface area contributed by atoms with Gasteiger partial charge in [0.1, 0.15) is 5.82 Å². The zero-order valence-corrected chi connectivity index (χ0v) is 21.6. The number of allylic oxidation sites excluding steroid dienone is 4. The minimum atomic E-state index is -0.513. The second-order valence-corrected chi connectivity index (χ2v) is 10.4. The van der Waals surface area contributed by atoms with Crippen LogP contribution in [0.1, 0.15) is 64.9 Å². The van der Waals surface area contributed by atoms with E-state index in [0.29, 0.717) is 18.9 Å². The Morgan fingerprint density at radius 3 is 2.71 bits per heavy atom. The summed E-state index contributed by atoms with van der Waals surface area (Å²) >= 11 is 0. The van der Waals surface area contributed by atoms with Crippen molar-refractivity contribution in [2.45, 2.75) is 76.9 Å². The third-order valence-electron chi connectivity index (χ3n) is 7.69. The third kappa shape index (κ3) is 6.92. The molecule has 5 heteroatoms. The lowest BCUT2D eigenvalue weighted by Gasteiger charge is -2.38. The summed E-state index contributed by atoms with van der Waals surface area (Å²) < 4.78 is 24.6. The predicted octanol–water partition coefficient (Wildman–Crippen LogP) is 6.30. The van der Waals surface area contributed by atoms with E-state index in [2.05, 4.69) is 45.1 Å². The molecule has 6 atom stereocenters. The molecule has 1 aliphatic carbocycles. The number of esters is 1. The molecule has 4 nitrogen and oxygen atoms in total. The number of rotatable bonds is 12. The molecule has 35 heavy (non-hydrogen) atoms. The number of carbonyl (C=O) groups is 1. The molecule has 3 rings (SSSR count). The van der Waals surface area contributed by atoms with E-state index in [4.69, 9.17) is 9.47 Å². The molecule has 1 saturated carbocycles. The first-order valence-electron chi connectivity index (χ1n) is 12.9. The summed E-state index contributed by atoms with van der Waals surface area (Å²) in [7, 11) is 1.41. The van der Waals surface area contributed by atoms with Crippen LogP contribution in [-0.4, -0.2) is 37.0 Å². The number of hydrogen-bond donors (Lipinski definition) is 1. The summed E-state index contributed by atoms with van der Waals surface area (Å²) in [5.74, 6) is 0.200. The SMILES string of the molecule is COC(=O)CCC/C=C\C[C@H]1[C@H](/C=C/[C@@H](O)C(C)CC=C(C)C)[C@@H]2C[C@@]1(c1ccc(F)cc1)CO2. The fraction of sp³-hybridized carbons (Fsp3) is 0.567. The van der Waals surface area contributed by atoms with Gasteiger partial charge in [-0.15, -0.1) is 0 Å². The van der Waals surface area contributed by atoms with Crippen LogP contribution in [0.3, 0.4) is 0 Å². The third-order valence-corrected chi connectivity index (χ3v) is 7.69. The standard InChI is InChI=1S/C30H41FO4/c1-21(2)11-12-22(3)27(32)18-17-25-26(9-7-5-6-8-10-29(33)34-4)30(19-28(25)35-20-30)23-13-15-24(31)16-14-23/h5,7,11,13-18,22,25-28,32H,6,8-10,12,19-20H2,1-4H3/b7-5-,18-17+/t22?,25-,26-,27+,28-,30-/m0/s1. The van der Waals surface area contributed by atoms with Crippen molar-refractivity contribution in [1.29, 1.82) is 0 Å². The number of ether oxygens (including phenoxy) is 2. The summed E-state index contributed by atoms with van der Waals surface area (Å²) in [5, 5.41) is 10.7. The molecule has 0 radical (unpaired) electrons. The highest BCUT2D eigenvalue weighted by molar-refractivity contribution is 5.69. The molecule has 0 spiro atoms. The van der Waals surface area contributed by atoms with Gasteiger partial charge < -0.3 is 14.6 Å². The highest BCUT2D eigenvalue weighted by Gasteiger charge is 2.58. The number of hydrogen-bond acceptors (Lipinski definition) is 4. The van der Waals surface area contributed by atoms with Gasteiger partial charge in [0.05, 0.1) is 25.9 Å². The lowest BCUT2D eigenvalue weighted by Crippen LogP contribution is -2.39. The van der Waals surface area contributed by atoms with Crippen LogP contribution in [0.15, 0.2) is 60.2 Å². The minimum Gasteiger partial charge on any atom is -0.469 e. The molecule has 0 aromatic heterocycles. The fourth-order valence-corrected chi connectivity index (χ4v) is 5.52. The molecule has 1 aromatic carbocycles. The minimum absolute atomic E-state index is 0.0920. The number of methoxy groups -OCH3 is 1. The summed E-state index contributed by atoms with van der Waals surface area (Å²) in [6.45, 7) is 6.85. The lowest BCUT2D eigenvalue weighted by molar-refractivity contribution is -0.140. The number of benzene rings is 1. The Bertz CT molecular complexity index is 915. The molecule has 2 bridgehead atoms. The van der Waals surface area contributed by atoms with Crippen LogP contribution in [0, 0.1) is 23.6 Å². The van der Waals surface area contributed by atoms with E-state index < -0.39 is 6.10 Å². The van der Waals surface area contributed by atoms with Gasteiger partial charge in [0.15, 0.2) is 0 Å². The molecule has 1 N–H and O–H groups in total. The Balaban J connectivity index is 1.75. The highest BCUT2D eigenvalue weighted by atomic mass is 19.1. The highest BCUT2D eigenvalue weighted by Crippen LogP contribution is 2.57. The van der Waals surface area contributed by atoms with Gasteiger partial charge in [0, 0.05) is 17.8 Å². The van der Waals surface area contributed by atoms with E-state index in [-0.39, 0.29) is 35.1 Å². The van der Waals surface area contributed by atoms with Crippen LogP contribution in [0.4, 0.5) is 4.39 Å². The maximum absolute atomic E-state index is 13.7. The Kier molecular flexibility index (Phi) is 9.88. The molecule has 1 aliphatic heterocycles. The smallest absolute Gasteiger partial charge is 0.305 e. The molecule has 1 saturated heterocycles. The quantitative estimate of drug-likeness (QED) is 0.215. The average Bonchev–Trinajstić information content (AvgIpc) is 3.41. The molecule has 1 heterocycles. The van der Waals surface area contributed by atoms with Crippen molar-refractivity contribution in [3.05, 3.63) is 71.6 Å². The first kappa shape index (κ1) is 27.3. The molecule has 1 unspecified atom stereocenters. The Hall–Kier alpha value is -2.24. The topological polar surface area (TPSA) is 55.8 Å². The van der Waals surface area contributed by atoms with Crippen LogP contribution in [0.2, 0.25) is 0 Å². The average molecular weight is 485 g/mol. The number of halogens is 1. The van der Waals surface area contributed by atoms with Gasteiger partial charge in [-0.3, -0.25) is 4.79 Å². The van der Waals surface area contributed by atoms with E-state index in [0.717, 1.165) is 37.7 Å². The van der Waals surface area contributed by atoms with Crippen molar-refractivity contribution < 1.29 is 23.8 Å². The normalized spacial score (nSPS) is 27.4. The van der Waals surface area contributed by atoms with Gasteiger partial charge in [-0.1, -0.05) is 55.0 Å². The fourth-order valence-electron chi connectivity index (χ4n) is 5.52. The Morgan fingerprint density at radius 2 is 2.03 bits per heavy atom. The van der Waals surface area contributed by atoms with Crippen molar-refractivity contribution in [1.82, 2.24) is 0 Å². The van der Waals surface area contributed by atoms with Crippen LogP contribution in [-0.2, 0) is 19.7 Å². The number of aliphatic hydroxyl groups excluding tert-OH is 1. The van der Waals surface area contributed by atoms with Crippen LogP contribution < -0.4 is 0 Å². The van der Waals surface area contributed by atoms with E-state index in [1.807, 2.05) is 18.2 Å². The van der Waals surface area contributed by atoms with Crippen molar-refractivity contribution >= 4 is 5.97 Å². The molecule has 0 amide bonds. The van der Waals surface area contributed by atoms with Gasteiger partial charge in [-0.25, -0.2) is 4.39 Å². The summed E-state index contributed by atoms with van der Waals surface area (Å²) in [5.41, 5.74) is 2.22. The Morgan fingerprint density at radius 1 is 1.29 bits per heavy atom. The molecule has 2 fully saturated rings. The van der Waals surface area contributed by atoms with E-state index in [1.54, 1.807) is 0 Å². The summed E-state index contributed by atoms with van der Waals surface area (Å²) in [6, 6.07) is 6.87. The van der Waals surface area contributed by atoms with E-state index in [9.17, 15) is 14.3 Å². The van der Waals surface area contributed by atoms with Crippen molar-refractivity contribution in [3.63, 3.8) is 0 Å². The van der Waals surface area contributed by atoms with E-state index in [1.165, 1.54) is 24.8 Å². The van der Waals surface area contributed by atoms with E-state index >= 15 is 0 Å². The van der Waals surface area contributed by atoms with Gasteiger partial charge in [0.25, 0.3) is 0 Å². The Labute approximate surface area is 209 Å². The molecule has 192 valence electrons. The second-order valence-electron chi connectivity index (χ2n) is 10.4. The maximum atomic E-state index is 13.7.